The van der Waals surface area contributed by atoms with E-state index in [0.29, 0.717) is 12.0 Å². The van der Waals surface area contributed by atoms with Crippen LogP contribution in [0.4, 0.5) is 13.2 Å². The van der Waals surface area contributed by atoms with Gasteiger partial charge >= 0.3 is 15.6 Å². The first-order valence-corrected chi connectivity index (χ1v) is 10.3. The van der Waals surface area contributed by atoms with Crippen LogP contribution in [0.3, 0.4) is 0 Å². The molecule has 0 atom stereocenters. The van der Waals surface area contributed by atoms with Gasteiger partial charge in [0.05, 0.1) is 12.0 Å². The second-order valence-corrected chi connectivity index (χ2v) is 8.43. The molecule has 3 aromatic rings. The fourth-order valence-electron chi connectivity index (χ4n) is 2.55. The maximum absolute atomic E-state index is 12.6. The quantitative estimate of drug-likeness (QED) is 0.370. The van der Waals surface area contributed by atoms with E-state index < -0.39 is 15.6 Å². The van der Waals surface area contributed by atoms with E-state index in [0.717, 1.165) is 16.7 Å². The number of alkyl halides is 3. The Kier molecular flexibility index (Phi) is 6.12. The van der Waals surface area contributed by atoms with Crippen molar-refractivity contribution in [3.05, 3.63) is 90.0 Å². The Bertz CT molecular complexity index is 1040. The molecule has 28 heavy (non-hydrogen) atoms. The van der Waals surface area contributed by atoms with Crippen LogP contribution in [-0.2, 0) is 20.2 Å². The van der Waals surface area contributed by atoms with Gasteiger partial charge in [-0.05, 0) is 34.7 Å². The first-order valence-electron chi connectivity index (χ1n) is 8.16. The van der Waals surface area contributed by atoms with Crippen molar-refractivity contribution in [3.8, 4) is 11.1 Å². The molecule has 3 nitrogen and oxygen atoms in total. The zero-order valence-corrected chi connectivity index (χ0v) is 16.0. The SMILES string of the molecule is O=S(=O)(OSc1cc(Cc2ccccc2)ccc1-c1ccccc1)C(F)(F)F. The van der Waals surface area contributed by atoms with Crippen molar-refractivity contribution in [3.63, 3.8) is 0 Å². The van der Waals surface area contributed by atoms with Crippen molar-refractivity contribution < 1.29 is 25.2 Å². The summed E-state index contributed by atoms with van der Waals surface area (Å²) in [5.74, 6) is 0. The lowest BCUT2D eigenvalue weighted by atomic mass is 10.0. The summed E-state index contributed by atoms with van der Waals surface area (Å²) in [5.41, 5.74) is -2.31. The Morgan fingerprint density at radius 1 is 0.821 bits per heavy atom. The molecular formula is C20H15F3O3S2. The van der Waals surface area contributed by atoms with Gasteiger partial charge in [0.25, 0.3) is 0 Å². The van der Waals surface area contributed by atoms with E-state index in [1.165, 1.54) is 0 Å². The van der Waals surface area contributed by atoms with Gasteiger partial charge < -0.3 is 0 Å². The molecule has 0 aromatic heterocycles. The van der Waals surface area contributed by atoms with Crippen molar-refractivity contribution in [1.82, 2.24) is 0 Å². The first-order chi connectivity index (χ1) is 13.3. The summed E-state index contributed by atoms with van der Waals surface area (Å²) in [5, 5.41) is 0. The molecule has 0 bridgehead atoms. The van der Waals surface area contributed by atoms with E-state index in [1.54, 1.807) is 36.4 Å². The number of hydrogen-bond acceptors (Lipinski definition) is 4. The third-order valence-electron chi connectivity index (χ3n) is 3.88. The molecule has 8 heteroatoms. The molecule has 0 fully saturated rings. The fraction of sp³-hybridized carbons (Fsp3) is 0.100. The van der Waals surface area contributed by atoms with Gasteiger partial charge in [-0.2, -0.15) is 25.2 Å². The molecule has 0 spiro atoms. The summed E-state index contributed by atoms with van der Waals surface area (Å²) in [6, 6.07) is 23.7. The average molecular weight is 424 g/mol. The molecule has 0 heterocycles. The zero-order chi connectivity index (χ0) is 20.2. The number of hydrogen-bond donors (Lipinski definition) is 0. The van der Waals surface area contributed by atoms with Crippen LogP contribution in [0.5, 0.6) is 0 Å². The summed E-state index contributed by atoms with van der Waals surface area (Å²) in [7, 11) is -5.70. The molecule has 0 unspecified atom stereocenters. The van der Waals surface area contributed by atoms with Gasteiger partial charge in [-0.1, -0.05) is 72.8 Å². The van der Waals surface area contributed by atoms with Crippen LogP contribution < -0.4 is 0 Å². The van der Waals surface area contributed by atoms with Crippen molar-refractivity contribution in [2.75, 3.05) is 0 Å². The molecule has 0 aliphatic rings. The predicted octanol–water partition coefficient (Wildman–Crippen LogP) is 5.82. The van der Waals surface area contributed by atoms with Crippen LogP contribution in [-0.4, -0.2) is 13.9 Å². The van der Waals surface area contributed by atoms with Gasteiger partial charge in [0, 0.05) is 4.90 Å². The molecular weight excluding hydrogens is 409 g/mol. The van der Waals surface area contributed by atoms with Crippen LogP contribution in [0.2, 0.25) is 0 Å². The third kappa shape index (κ3) is 4.95. The van der Waals surface area contributed by atoms with Crippen LogP contribution in [0.25, 0.3) is 11.1 Å². The Morgan fingerprint density at radius 3 is 2.04 bits per heavy atom. The molecule has 0 radical (unpaired) electrons. The molecule has 0 aliphatic carbocycles. The van der Waals surface area contributed by atoms with Gasteiger partial charge in [0.15, 0.2) is 0 Å². The monoisotopic (exact) mass is 424 g/mol. The van der Waals surface area contributed by atoms with Crippen molar-refractivity contribution >= 4 is 22.2 Å². The summed E-state index contributed by atoms with van der Waals surface area (Å²) in [4.78, 5) is 0.285. The van der Waals surface area contributed by atoms with E-state index in [2.05, 4.69) is 3.63 Å². The van der Waals surface area contributed by atoms with E-state index in [4.69, 9.17) is 0 Å². The highest BCUT2D eigenvalue weighted by atomic mass is 32.3. The van der Waals surface area contributed by atoms with Crippen LogP contribution in [0.15, 0.2) is 83.8 Å². The summed E-state index contributed by atoms with van der Waals surface area (Å²) < 4.78 is 64.6. The second kappa shape index (κ2) is 8.38. The van der Waals surface area contributed by atoms with Crippen molar-refractivity contribution in [1.29, 1.82) is 0 Å². The van der Waals surface area contributed by atoms with E-state index in [1.807, 2.05) is 42.5 Å². The van der Waals surface area contributed by atoms with Gasteiger partial charge in [-0.15, -0.1) is 0 Å². The third-order valence-corrected chi connectivity index (χ3v) is 5.95. The lowest BCUT2D eigenvalue weighted by Gasteiger charge is -2.13. The molecule has 0 saturated carbocycles. The highest BCUT2D eigenvalue weighted by molar-refractivity contribution is 8.04. The topological polar surface area (TPSA) is 43.4 Å². The van der Waals surface area contributed by atoms with Gasteiger partial charge in [-0.3, -0.25) is 0 Å². The second-order valence-electron chi connectivity index (χ2n) is 5.91. The average Bonchev–Trinajstić information content (AvgIpc) is 2.67. The largest absolute Gasteiger partial charge is 0.524 e. The normalized spacial score (nSPS) is 12.1. The number of halogens is 3. The number of rotatable bonds is 6. The maximum Gasteiger partial charge on any atom is 0.524 e. The zero-order valence-electron chi connectivity index (χ0n) is 14.4. The highest BCUT2D eigenvalue weighted by Gasteiger charge is 2.48. The molecule has 0 amide bonds. The summed E-state index contributed by atoms with van der Waals surface area (Å²) in [6.45, 7) is 0. The molecule has 3 rings (SSSR count). The molecule has 0 saturated heterocycles. The minimum absolute atomic E-state index is 0.192. The van der Waals surface area contributed by atoms with Crippen LogP contribution in [0, 0.1) is 0 Å². The summed E-state index contributed by atoms with van der Waals surface area (Å²) in [6.07, 6.45) is 0.551. The molecule has 3 aromatic carbocycles. The van der Waals surface area contributed by atoms with Crippen molar-refractivity contribution in [2.45, 2.75) is 16.8 Å². The van der Waals surface area contributed by atoms with E-state index in [9.17, 15) is 21.6 Å². The minimum atomic E-state index is -5.70. The predicted molar refractivity (Wildman–Crippen MR) is 103 cm³/mol. The van der Waals surface area contributed by atoms with Crippen LogP contribution in [0.1, 0.15) is 11.1 Å². The molecule has 0 N–H and O–H groups in total. The molecule has 146 valence electrons. The first kappa shape index (κ1) is 20.4. The smallest absolute Gasteiger partial charge is 0.189 e. The Balaban J connectivity index is 1.94. The Labute approximate surface area is 165 Å². The van der Waals surface area contributed by atoms with Gasteiger partial charge in [-0.25, -0.2) is 0 Å². The Morgan fingerprint density at radius 2 is 1.43 bits per heavy atom. The summed E-state index contributed by atoms with van der Waals surface area (Å²) >= 11 is 0.192. The van der Waals surface area contributed by atoms with Gasteiger partial charge in [0.1, 0.15) is 0 Å². The standard InChI is InChI=1S/C20H15F3O3S2/c21-20(22,23)28(24,25)26-27-19-14-16(13-15-7-3-1-4-8-15)11-12-18(19)17-9-5-2-6-10-17/h1-12,14H,13H2. The minimum Gasteiger partial charge on any atom is -0.189 e. The lowest BCUT2D eigenvalue weighted by Crippen LogP contribution is -2.23. The van der Waals surface area contributed by atoms with Crippen LogP contribution >= 0.6 is 12.0 Å². The Hall–Kier alpha value is -2.29. The maximum atomic E-state index is 12.6. The van der Waals surface area contributed by atoms with Crippen molar-refractivity contribution in [2.24, 2.45) is 0 Å². The highest BCUT2D eigenvalue weighted by Crippen LogP contribution is 2.37. The molecule has 0 aliphatic heterocycles. The number of benzene rings is 3. The lowest BCUT2D eigenvalue weighted by molar-refractivity contribution is -0.0494. The fourth-order valence-corrected chi connectivity index (χ4v) is 3.99. The van der Waals surface area contributed by atoms with Gasteiger partial charge in [0.2, 0.25) is 0 Å². The van der Waals surface area contributed by atoms with E-state index in [-0.39, 0.29) is 16.9 Å². The van der Waals surface area contributed by atoms with E-state index >= 15 is 0 Å².